The summed E-state index contributed by atoms with van der Waals surface area (Å²) in [7, 11) is 0. The third kappa shape index (κ3) is 5.81. The molecule has 0 fully saturated rings. The van der Waals surface area contributed by atoms with Crippen LogP contribution < -0.4 is 0 Å². The third-order valence-electron chi connectivity index (χ3n) is 9.31. The molecule has 0 radical (unpaired) electrons. The molecular formula is C47H44. The van der Waals surface area contributed by atoms with Gasteiger partial charge in [0, 0.05) is 5.41 Å². The van der Waals surface area contributed by atoms with Crippen molar-refractivity contribution in [3.63, 3.8) is 0 Å². The van der Waals surface area contributed by atoms with E-state index in [1.807, 2.05) is 27.7 Å². The first kappa shape index (κ1) is 31.8. The van der Waals surface area contributed by atoms with E-state index in [0.29, 0.717) is 0 Å². The van der Waals surface area contributed by atoms with E-state index in [9.17, 15) is 0 Å². The maximum atomic E-state index is 2.46. The van der Waals surface area contributed by atoms with E-state index in [-0.39, 0.29) is 5.41 Å². The molecular weight excluding hydrogens is 565 g/mol. The molecule has 1 aliphatic rings. The van der Waals surface area contributed by atoms with Crippen molar-refractivity contribution in [1.29, 1.82) is 0 Å². The number of rotatable bonds is 4. The maximum absolute atomic E-state index is 2.46. The van der Waals surface area contributed by atoms with Crippen LogP contribution in [0.25, 0.3) is 66.4 Å². The average molecular weight is 609 g/mol. The van der Waals surface area contributed by atoms with Crippen molar-refractivity contribution in [1.82, 2.24) is 0 Å². The minimum atomic E-state index is -0.118. The van der Waals surface area contributed by atoms with E-state index >= 15 is 0 Å². The summed E-state index contributed by atoms with van der Waals surface area (Å²) in [6, 6.07) is 57.7. The van der Waals surface area contributed by atoms with Gasteiger partial charge in [-0.25, -0.2) is 0 Å². The maximum Gasteiger partial charge on any atom is 0.0159 e. The second-order valence-corrected chi connectivity index (χ2v) is 12.2. The molecule has 8 rings (SSSR count). The first-order valence-corrected chi connectivity index (χ1v) is 17.1. The molecule has 232 valence electrons. The molecule has 1 aliphatic carbocycles. The Balaban J connectivity index is 0.000000932. The molecule has 7 aromatic rings. The van der Waals surface area contributed by atoms with Gasteiger partial charge < -0.3 is 0 Å². The van der Waals surface area contributed by atoms with Crippen molar-refractivity contribution in [3.05, 3.63) is 169 Å². The lowest BCUT2D eigenvalue weighted by molar-refractivity contribution is 0.661. The van der Waals surface area contributed by atoms with E-state index in [1.54, 1.807) is 0 Å². The van der Waals surface area contributed by atoms with Crippen LogP contribution in [0.3, 0.4) is 0 Å². The highest BCUT2D eigenvalue weighted by Gasteiger charge is 2.37. The Morgan fingerprint density at radius 1 is 0.319 bits per heavy atom. The van der Waals surface area contributed by atoms with Gasteiger partial charge in [-0.2, -0.15) is 0 Å². The number of fused-ring (bicyclic) bond motifs is 5. The molecule has 0 heterocycles. The first-order valence-electron chi connectivity index (χ1n) is 17.1. The smallest absolute Gasteiger partial charge is 0.0159 e. The Kier molecular flexibility index (Phi) is 9.23. The molecule has 0 amide bonds. The Morgan fingerprint density at radius 3 is 1.26 bits per heavy atom. The lowest BCUT2D eigenvalue weighted by Crippen LogP contribution is -2.15. The van der Waals surface area contributed by atoms with Crippen LogP contribution in [0.2, 0.25) is 0 Å². The molecule has 0 unspecified atom stereocenters. The van der Waals surface area contributed by atoms with Crippen LogP contribution in [0.15, 0.2) is 158 Å². The molecule has 0 saturated heterocycles. The largest absolute Gasteiger partial charge is 0.0683 e. The van der Waals surface area contributed by atoms with Crippen LogP contribution in [0.5, 0.6) is 0 Å². The fourth-order valence-electron chi connectivity index (χ4n) is 6.96. The Hall–Kier alpha value is -5.20. The van der Waals surface area contributed by atoms with Crippen molar-refractivity contribution in [2.75, 3.05) is 0 Å². The van der Waals surface area contributed by atoms with E-state index in [4.69, 9.17) is 0 Å². The van der Waals surface area contributed by atoms with Gasteiger partial charge in [-0.05, 0) is 89.7 Å². The minimum Gasteiger partial charge on any atom is -0.0683 e. The van der Waals surface area contributed by atoms with E-state index in [0.717, 1.165) is 0 Å². The second kappa shape index (κ2) is 13.7. The fraction of sp³-hybridized carbons (Fsp3) is 0.149. The summed E-state index contributed by atoms with van der Waals surface area (Å²) < 4.78 is 0. The Bertz CT molecular complexity index is 2100. The highest BCUT2D eigenvalue weighted by atomic mass is 14.4. The summed E-state index contributed by atoms with van der Waals surface area (Å²) in [5, 5.41) is 2.63. The fourth-order valence-corrected chi connectivity index (χ4v) is 6.96. The van der Waals surface area contributed by atoms with Crippen molar-refractivity contribution in [2.45, 2.75) is 47.0 Å². The number of hydrogen-bond acceptors (Lipinski definition) is 0. The molecule has 47 heavy (non-hydrogen) atoms. The lowest BCUT2D eigenvalue weighted by Gasteiger charge is -2.23. The predicted molar refractivity (Wildman–Crippen MR) is 206 cm³/mol. The van der Waals surface area contributed by atoms with Gasteiger partial charge in [0.15, 0.2) is 0 Å². The van der Waals surface area contributed by atoms with Gasteiger partial charge in [0.05, 0.1) is 0 Å². The zero-order chi connectivity index (χ0) is 33.0. The molecule has 0 saturated carbocycles. The molecule has 0 atom stereocenters. The molecule has 0 bridgehead atoms. The Labute approximate surface area is 281 Å². The number of hydrogen-bond donors (Lipinski definition) is 0. The van der Waals surface area contributed by atoms with E-state index in [2.05, 4.69) is 172 Å². The van der Waals surface area contributed by atoms with Crippen LogP contribution in [-0.4, -0.2) is 0 Å². The summed E-state index contributed by atoms with van der Waals surface area (Å²) in [6.07, 6.45) is 0. The first-order chi connectivity index (χ1) is 23.1. The number of benzene rings is 7. The predicted octanol–water partition coefficient (Wildman–Crippen LogP) is 13.9. The Morgan fingerprint density at radius 2 is 0.723 bits per heavy atom. The van der Waals surface area contributed by atoms with Gasteiger partial charge in [0.2, 0.25) is 0 Å². The highest BCUT2D eigenvalue weighted by molar-refractivity contribution is 6.09. The normalized spacial score (nSPS) is 12.2. The van der Waals surface area contributed by atoms with Crippen molar-refractivity contribution < 1.29 is 0 Å². The van der Waals surface area contributed by atoms with Gasteiger partial charge in [0.25, 0.3) is 0 Å². The standard InChI is InChI=1S/C43H32.2C2H6/c1-43(2)40-27-35(33-19-17-31(18-20-33)29-11-5-3-6-12-29)25-26-38(40)42-37-16-10-9-15-36(37)39(28-41(42)43)34-23-21-32(22-24-34)30-13-7-4-8-14-30;2*1-2/h3-28H,1-2H3;2*1-2H3. The molecule has 7 aromatic carbocycles. The van der Waals surface area contributed by atoms with Crippen LogP contribution in [0.1, 0.15) is 52.7 Å². The van der Waals surface area contributed by atoms with Crippen molar-refractivity contribution in [3.8, 4) is 55.6 Å². The van der Waals surface area contributed by atoms with Gasteiger partial charge in [-0.15, -0.1) is 0 Å². The highest BCUT2D eigenvalue weighted by Crippen LogP contribution is 2.54. The summed E-state index contributed by atoms with van der Waals surface area (Å²) in [5.41, 5.74) is 15.5. The van der Waals surface area contributed by atoms with Gasteiger partial charge in [-0.3, -0.25) is 0 Å². The monoisotopic (exact) mass is 608 g/mol. The van der Waals surface area contributed by atoms with Gasteiger partial charge in [0.1, 0.15) is 0 Å². The van der Waals surface area contributed by atoms with Crippen LogP contribution in [0.4, 0.5) is 0 Å². The molecule has 0 nitrogen and oxygen atoms in total. The van der Waals surface area contributed by atoms with Crippen LogP contribution >= 0.6 is 0 Å². The lowest BCUT2D eigenvalue weighted by atomic mass is 9.80. The van der Waals surface area contributed by atoms with Gasteiger partial charge in [-0.1, -0.05) is 187 Å². The molecule has 0 aliphatic heterocycles. The van der Waals surface area contributed by atoms with E-state index in [1.165, 1.54) is 77.5 Å². The zero-order valence-corrected chi connectivity index (χ0v) is 28.5. The topological polar surface area (TPSA) is 0 Å². The summed E-state index contributed by atoms with van der Waals surface area (Å²) in [6.45, 7) is 12.8. The van der Waals surface area contributed by atoms with Crippen LogP contribution in [0, 0.1) is 0 Å². The summed E-state index contributed by atoms with van der Waals surface area (Å²) in [4.78, 5) is 0. The summed E-state index contributed by atoms with van der Waals surface area (Å²) >= 11 is 0. The van der Waals surface area contributed by atoms with Crippen molar-refractivity contribution in [2.24, 2.45) is 0 Å². The van der Waals surface area contributed by atoms with Gasteiger partial charge >= 0.3 is 0 Å². The molecule has 0 heteroatoms. The SMILES string of the molecule is CC.CC.CC1(C)c2cc(-c3ccc(-c4ccccc4)cc3)ccc2-c2c1cc(-c1ccc(-c3ccccc3)cc1)c1ccccc21. The minimum absolute atomic E-state index is 0.118. The average Bonchev–Trinajstić information content (AvgIpc) is 3.39. The third-order valence-corrected chi connectivity index (χ3v) is 9.31. The van der Waals surface area contributed by atoms with Crippen molar-refractivity contribution >= 4 is 10.8 Å². The van der Waals surface area contributed by atoms with E-state index < -0.39 is 0 Å². The molecule has 0 spiro atoms. The second-order valence-electron chi connectivity index (χ2n) is 12.2. The summed E-state index contributed by atoms with van der Waals surface area (Å²) in [5.74, 6) is 0. The molecule has 0 N–H and O–H groups in total. The molecule has 0 aromatic heterocycles. The van der Waals surface area contributed by atoms with Crippen LogP contribution in [-0.2, 0) is 5.41 Å². The zero-order valence-electron chi connectivity index (χ0n) is 28.5. The quantitative estimate of drug-likeness (QED) is 0.186.